The summed E-state index contributed by atoms with van der Waals surface area (Å²) in [5, 5.41) is 8.73. The number of hydrogen-bond donors (Lipinski definition) is 1. The number of morpholine rings is 1. The molecule has 0 aromatic carbocycles. The Bertz CT molecular complexity index is 113. The Balaban J connectivity index is 2.52. The van der Waals surface area contributed by atoms with Crippen LogP contribution in [0.25, 0.3) is 0 Å². The molecule has 1 atom stereocenters. The Labute approximate surface area is 53.0 Å². The molecule has 0 aromatic rings. The molecular weight excluding hydrogens is 122 g/mol. The third-order valence-corrected chi connectivity index (χ3v) is 1.29. The van der Waals surface area contributed by atoms with E-state index in [2.05, 4.69) is 4.74 Å². The molecule has 0 spiro atoms. The molecule has 1 saturated heterocycles. The molecule has 4 heteroatoms. The van der Waals surface area contributed by atoms with Crippen LogP contribution in [0.1, 0.15) is 0 Å². The summed E-state index contributed by atoms with van der Waals surface area (Å²) in [6.07, 6.45) is -1.23. The highest BCUT2D eigenvalue weighted by Gasteiger charge is 2.24. The molecule has 0 aliphatic carbocycles. The summed E-state index contributed by atoms with van der Waals surface area (Å²) in [5.74, 6) is -0.360. The summed E-state index contributed by atoms with van der Waals surface area (Å²) < 4.78 is 4.62. The van der Waals surface area contributed by atoms with Gasteiger partial charge in [-0.05, 0) is 0 Å². The molecule has 1 heterocycles. The maximum absolute atomic E-state index is 10.7. The second kappa shape index (κ2) is 2.33. The van der Waals surface area contributed by atoms with E-state index >= 15 is 0 Å². The molecule has 0 aromatic heterocycles. The SMILES string of the molecule is CN1CCO[C@H](O)C1=O. The van der Waals surface area contributed by atoms with Crippen molar-refractivity contribution >= 4 is 5.91 Å². The van der Waals surface area contributed by atoms with Gasteiger partial charge >= 0.3 is 0 Å². The van der Waals surface area contributed by atoms with E-state index in [4.69, 9.17) is 5.11 Å². The number of rotatable bonds is 0. The normalized spacial score (nSPS) is 28.9. The number of carbonyl (C=O) groups is 1. The van der Waals surface area contributed by atoms with Crippen LogP contribution in [-0.2, 0) is 9.53 Å². The van der Waals surface area contributed by atoms with Gasteiger partial charge < -0.3 is 14.7 Å². The zero-order valence-corrected chi connectivity index (χ0v) is 5.20. The van der Waals surface area contributed by atoms with E-state index in [1.165, 1.54) is 4.90 Å². The average molecular weight is 131 g/mol. The standard InChI is InChI=1S/C5H9NO3/c1-6-2-3-9-5(8)4(6)7/h5,8H,2-3H2,1H3/t5-/m0/s1. The van der Waals surface area contributed by atoms with Gasteiger partial charge in [0, 0.05) is 13.6 Å². The van der Waals surface area contributed by atoms with E-state index in [0.29, 0.717) is 13.2 Å². The van der Waals surface area contributed by atoms with Crippen molar-refractivity contribution in [2.45, 2.75) is 6.29 Å². The Morgan fingerprint density at radius 1 is 1.89 bits per heavy atom. The predicted molar refractivity (Wildman–Crippen MR) is 29.6 cm³/mol. The van der Waals surface area contributed by atoms with Crippen LogP contribution in [0.2, 0.25) is 0 Å². The quantitative estimate of drug-likeness (QED) is 0.449. The summed E-state index contributed by atoms with van der Waals surface area (Å²) >= 11 is 0. The topological polar surface area (TPSA) is 49.8 Å². The van der Waals surface area contributed by atoms with E-state index in [9.17, 15) is 4.79 Å². The van der Waals surface area contributed by atoms with Crippen LogP contribution in [0.5, 0.6) is 0 Å². The largest absolute Gasteiger partial charge is 0.361 e. The number of ether oxygens (including phenoxy) is 1. The van der Waals surface area contributed by atoms with Crippen molar-refractivity contribution in [3.05, 3.63) is 0 Å². The molecule has 0 unspecified atom stereocenters. The molecule has 1 aliphatic heterocycles. The van der Waals surface area contributed by atoms with E-state index in [0.717, 1.165) is 0 Å². The number of amides is 1. The van der Waals surface area contributed by atoms with Crippen molar-refractivity contribution in [3.63, 3.8) is 0 Å². The number of likely N-dealkylation sites (N-methyl/N-ethyl adjacent to an activating group) is 1. The maximum atomic E-state index is 10.7. The van der Waals surface area contributed by atoms with Crippen LogP contribution < -0.4 is 0 Å². The van der Waals surface area contributed by atoms with Gasteiger partial charge in [-0.3, -0.25) is 4.79 Å². The lowest BCUT2D eigenvalue weighted by Crippen LogP contribution is -2.45. The summed E-state index contributed by atoms with van der Waals surface area (Å²) in [4.78, 5) is 12.1. The molecule has 1 rings (SSSR count). The van der Waals surface area contributed by atoms with E-state index < -0.39 is 6.29 Å². The Morgan fingerprint density at radius 3 is 3.00 bits per heavy atom. The number of aliphatic hydroxyl groups is 1. The number of aliphatic hydroxyl groups excluding tert-OH is 1. The van der Waals surface area contributed by atoms with Crippen LogP contribution in [0.4, 0.5) is 0 Å². The minimum atomic E-state index is -1.23. The maximum Gasteiger partial charge on any atom is 0.279 e. The molecule has 9 heavy (non-hydrogen) atoms. The van der Waals surface area contributed by atoms with Gasteiger partial charge in [0.1, 0.15) is 0 Å². The predicted octanol–water partition coefficient (Wildman–Crippen LogP) is -1.21. The van der Waals surface area contributed by atoms with Crippen LogP contribution in [0.15, 0.2) is 0 Å². The molecule has 0 bridgehead atoms. The first-order valence-corrected chi connectivity index (χ1v) is 2.76. The first-order valence-electron chi connectivity index (χ1n) is 2.76. The first kappa shape index (κ1) is 6.51. The fraction of sp³-hybridized carbons (Fsp3) is 0.800. The lowest BCUT2D eigenvalue weighted by Gasteiger charge is -2.25. The molecule has 4 nitrogen and oxygen atoms in total. The van der Waals surface area contributed by atoms with Crippen LogP contribution in [0, 0.1) is 0 Å². The average Bonchev–Trinajstić information content (AvgIpc) is 1.83. The molecule has 1 amide bonds. The van der Waals surface area contributed by atoms with Gasteiger partial charge in [-0.15, -0.1) is 0 Å². The molecule has 1 aliphatic rings. The van der Waals surface area contributed by atoms with Crippen molar-refractivity contribution in [3.8, 4) is 0 Å². The van der Waals surface area contributed by atoms with Gasteiger partial charge in [-0.1, -0.05) is 0 Å². The van der Waals surface area contributed by atoms with E-state index in [1.54, 1.807) is 7.05 Å². The Kier molecular flexibility index (Phi) is 1.68. The second-order valence-corrected chi connectivity index (χ2v) is 1.98. The highest BCUT2D eigenvalue weighted by molar-refractivity contribution is 5.79. The third kappa shape index (κ3) is 1.20. The summed E-state index contributed by atoms with van der Waals surface area (Å²) in [7, 11) is 1.63. The summed E-state index contributed by atoms with van der Waals surface area (Å²) in [6.45, 7) is 0.985. The lowest BCUT2D eigenvalue weighted by molar-refractivity contribution is -0.181. The van der Waals surface area contributed by atoms with Gasteiger partial charge in [0.2, 0.25) is 6.29 Å². The fourth-order valence-corrected chi connectivity index (χ4v) is 0.671. The molecule has 0 radical (unpaired) electrons. The Morgan fingerprint density at radius 2 is 2.56 bits per heavy atom. The van der Waals surface area contributed by atoms with Crippen LogP contribution >= 0.6 is 0 Å². The monoisotopic (exact) mass is 131 g/mol. The molecule has 0 saturated carbocycles. The minimum Gasteiger partial charge on any atom is -0.361 e. The van der Waals surface area contributed by atoms with Crippen molar-refractivity contribution in [2.24, 2.45) is 0 Å². The van der Waals surface area contributed by atoms with E-state index in [1.807, 2.05) is 0 Å². The zero-order valence-electron chi connectivity index (χ0n) is 5.20. The van der Waals surface area contributed by atoms with Crippen LogP contribution in [0.3, 0.4) is 0 Å². The van der Waals surface area contributed by atoms with Gasteiger partial charge in [0.25, 0.3) is 5.91 Å². The fourth-order valence-electron chi connectivity index (χ4n) is 0.671. The molecular formula is C5H9NO3. The van der Waals surface area contributed by atoms with Gasteiger partial charge in [0.05, 0.1) is 6.61 Å². The number of hydrogen-bond acceptors (Lipinski definition) is 3. The first-order chi connectivity index (χ1) is 4.22. The van der Waals surface area contributed by atoms with Gasteiger partial charge in [-0.2, -0.15) is 0 Å². The lowest BCUT2D eigenvalue weighted by atomic mass is 10.4. The van der Waals surface area contributed by atoms with E-state index in [-0.39, 0.29) is 5.91 Å². The van der Waals surface area contributed by atoms with Gasteiger partial charge in [-0.25, -0.2) is 0 Å². The number of carbonyl (C=O) groups excluding carboxylic acids is 1. The molecule has 1 N–H and O–H groups in total. The smallest absolute Gasteiger partial charge is 0.279 e. The minimum absolute atomic E-state index is 0.360. The van der Waals surface area contributed by atoms with Gasteiger partial charge in [0.15, 0.2) is 0 Å². The summed E-state index contributed by atoms with van der Waals surface area (Å²) in [5.41, 5.74) is 0. The zero-order chi connectivity index (χ0) is 6.85. The number of nitrogens with zero attached hydrogens (tertiary/aromatic N) is 1. The summed E-state index contributed by atoms with van der Waals surface area (Å²) in [6, 6.07) is 0. The third-order valence-electron chi connectivity index (χ3n) is 1.29. The Hall–Kier alpha value is -0.610. The highest BCUT2D eigenvalue weighted by Crippen LogP contribution is 2.00. The second-order valence-electron chi connectivity index (χ2n) is 1.98. The molecule has 1 fully saturated rings. The van der Waals surface area contributed by atoms with Crippen molar-refractivity contribution < 1.29 is 14.6 Å². The highest BCUT2D eigenvalue weighted by atomic mass is 16.6. The molecule has 52 valence electrons. The van der Waals surface area contributed by atoms with Crippen molar-refractivity contribution in [2.75, 3.05) is 20.2 Å². The van der Waals surface area contributed by atoms with Crippen molar-refractivity contribution in [1.29, 1.82) is 0 Å². The van der Waals surface area contributed by atoms with Crippen molar-refractivity contribution in [1.82, 2.24) is 4.90 Å². The van der Waals surface area contributed by atoms with Crippen LogP contribution in [-0.4, -0.2) is 42.4 Å².